The Morgan fingerprint density at radius 2 is 1.93 bits per heavy atom. The molecule has 0 bridgehead atoms. The molecule has 3 nitrogen and oxygen atoms in total. The van der Waals surface area contributed by atoms with Gasteiger partial charge in [0.2, 0.25) is 10.0 Å². The molecule has 0 spiro atoms. The van der Waals surface area contributed by atoms with Gasteiger partial charge in [-0.05, 0) is 24.8 Å². The summed E-state index contributed by atoms with van der Waals surface area (Å²) in [5, 5.41) is 0. The molecule has 1 aromatic rings. The lowest BCUT2D eigenvalue weighted by atomic mass is 10.3. The van der Waals surface area contributed by atoms with Crippen LogP contribution >= 0.6 is 11.8 Å². The van der Waals surface area contributed by atoms with Crippen LogP contribution in [0.15, 0.2) is 29.2 Å². The Labute approximate surface area is 95.3 Å². The zero-order valence-electron chi connectivity index (χ0n) is 8.86. The highest BCUT2D eigenvalue weighted by Gasteiger charge is 2.09. The van der Waals surface area contributed by atoms with Crippen molar-refractivity contribution in [2.75, 3.05) is 16.2 Å². The molecule has 5 heteroatoms. The molecule has 1 rings (SSSR count). The topological polar surface area (TPSA) is 46.2 Å². The third kappa shape index (κ3) is 3.76. The Bertz CT molecular complexity index is 415. The van der Waals surface area contributed by atoms with Gasteiger partial charge in [0.25, 0.3) is 0 Å². The number of hydrogen-bond acceptors (Lipinski definition) is 3. The summed E-state index contributed by atoms with van der Waals surface area (Å²) in [4.78, 5) is 0.969. The normalized spacial score (nSPS) is 11.3. The van der Waals surface area contributed by atoms with Gasteiger partial charge in [0, 0.05) is 4.90 Å². The Kier molecular flexibility index (Phi) is 4.47. The van der Waals surface area contributed by atoms with Crippen molar-refractivity contribution in [3.63, 3.8) is 0 Å². The number of anilines is 1. The SMILES string of the molecule is CCSc1ccccc1NS(=O)(=O)CC. The summed E-state index contributed by atoms with van der Waals surface area (Å²) in [6.07, 6.45) is 0. The van der Waals surface area contributed by atoms with Crippen LogP contribution in [0, 0.1) is 0 Å². The van der Waals surface area contributed by atoms with Gasteiger partial charge in [0.05, 0.1) is 11.4 Å². The fourth-order valence-electron chi connectivity index (χ4n) is 1.07. The molecule has 84 valence electrons. The monoisotopic (exact) mass is 245 g/mol. The quantitative estimate of drug-likeness (QED) is 0.811. The second-order valence-electron chi connectivity index (χ2n) is 2.93. The van der Waals surface area contributed by atoms with E-state index in [1.54, 1.807) is 24.8 Å². The maximum absolute atomic E-state index is 11.4. The van der Waals surface area contributed by atoms with Crippen molar-refractivity contribution in [2.45, 2.75) is 18.7 Å². The van der Waals surface area contributed by atoms with E-state index in [1.807, 2.05) is 25.1 Å². The Hall–Kier alpha value is -0.680. The van der Waals surface area contributed by atoms with Crippen LogP contribution in [0.4, 0.5) is 5.69 Å². The summed E-state index contributed by atoms with van der Waals surface area (Å²) < 4.78 is 25.4. The molecule has 1 aromatic carbocycles. The molecule has 15 heavy (non-hydrogen) atoms. The standard InChI is InChI=1S/C10H15NO2S2/c1-3-14-10-8-6-5-7-9(10)11-15(12,13)4-2/h5-8,11H,3-4H2,1-2H3. The average molecular weight is 245 g/mol. The van der Waals surface area contributed by atoms with Gasteiger partial charge in [-0.25, -0.2) is 8.42 Å². The molecule has 0 saturated carbocycles. The lowest BCUT2D eigenvalue weighted by molar-refractivity contribution is 0.602. The zero-order valence-corrected chi connectivity index (χ0v) is 10.5. The number of sulfonamides is 1. The van der Waals surface area contributed by atoms with Crippen LogP contribution in [0.2, 0.25) is 0 Å². The molecule has 0 saturated heterocycles. The van der Waals surface area contributed by atoms with Gasteiger partial charge in [-0.3, -0.25) is 4.72 Å². The van der Waals surface area contributed by atoms with Gasteiger partial charge in [0.1, 0.15) is 0 Å². The molecule has 1 N–H and O–H groups in total. The highest BCUT2D eigenvalue weighted by atomic mass is 32.2. The average Bonchev–Trinajstić information content (AvgIpc) is 2.21. The predicted octanol–water partition coefficient (Wildman–Crippen LogP) is 2.56. The maximum atomic E-state index is 11.4. The number of thioether (sulfide) groups is 1. The maximum Gasteiger partial charge on any atom is 0.232 e. The van der Waals surface area contributed by atoms with Gasteiger partial charge in [0.15, 0.2) is 0 Å². The number of para-hydroxylation sites is 1. The van der Waals surface area contributed by atoms with E-state index >= 15 is 0 Å². The van der Waals surface area contributed by atoms with Crippen LogP contribution in [-0.2, 0) is 10.0 Å². The highest BCUT2D eigenvalue weighted by Crippen LogP contribution is 2.27. The smallest absolute Gasteiger partial charge is 0.232 e. The minimum atomic E-state index is -3.18. The molecule has 0 radical (unpaired) electrons. The van der Waals surface area contributed by atoms with Crippen LogP contribution in [-0.4, -0.2) is 19.9 Å². The van der Waals surface area contributed by atoms with Crippen molar-refractivity contribution in [1.82, 2.24) is 0 Å². The summed E-state index contributed by atoms with van der Waals surface area (Å²) in [6, 6.07) is 7.43. The molecule has 0 aliphatic heterocycles. The van der Waals surface area contributed by atoms with Crippen molar-refractivity contribution >= 4 is 27.5 Å². The van der Waals surface area contributed by atoms with Crippen LogP contribution in [0.3, 0.4) is 0 Å². The minimum Gasteiger partial charge on any atom is -0.282 e. The summed E-state index contributed by atoms with van der Waals surface area (Å²) in [6.45, 7) is 3.66. The predicted molar refractivity (Wildman–Crippen MR) is 65.9 cm³/mol. The van der Waals surface area contributed by atoms with Crippen LogP contribution in [0.5, 0.6) is 0 Å². The van der Waals surface area contributed by atoms with Gasteiger partial charge >= 0.3 is 0 Å². The Morgan fingerprint density at radius 1 is 1.27 bits per heavy atom. The second kappa shape index (κ2) is 5.42. The minimum absolute atomic E-state index is 0.0954. The van der Waals surface area contributed by atoms with E-state index in [9.17, 15) is 8.42 Å². The Morgan fingerprint density at radius 3 is 2.53 bits per heavy atom. The first-order valence-electron chi connectivity index (χ1n) is 4.81. The van der Waals surface area contributed by atoms with E-state index < -0.39 is 10.0 Å². The summed E-state index contributed by atoms with van der Waals surface area (Å²) in [7, 11) is -3.18. The van der Waals surface area contributed by atoms with Crippen LogP contribution in [0.25, 0.3) is 0 Å². The van der Waals surface area contributed by atoms with E-state index in [4.69, 9.17) is 0 Å². The first-order chi connectivity index (χ1) is 7.09. The number of benzene rings is 1. The lowest BCUT2D eigenvalue weighted by Gasteiger charge is -2.10. The van der Waals surface area contributed by atoms with Gasteiger partial charge < -0.3 is 0 Å². The molecule has 0 unspecified atom stereocenters. The van der Waals surface area contributed by atoms with Crippen molar-refractivity contribution < 1.29 is 8.42 Å². The zero-order chi connectivity index (χ0) is 11.3. The molecule has 0 fully saturated rings. The largest absolute Gasteiger partial charge is 0.282 e. The van der Waals surface area contributed by atoms with Crippen molar-refractivity contribution in [3.05, 3.63) is 24.3 Å². The van der Waals surface area contributed by atoms with Gasteiger partial charge in [-0.15, -0.1) is 11.8 Å². The highest BCUT2D eigenvalue weighted by molar-refractivity contribution is 7.99. The van der Waals surface area contributed by atoms with Gasteiger partial charge in [-0.1, -0.05) is 19.1 Å². The fraction of sp³-hybridized carbons (Fsp3) is 0.400. The van der Waals surface area contributed by atoms with E-state index in [1.165, 1.54) is 0 Å². The molecule has 0 aliphatic carbocycles. The molecule has 0 amide bonds. The molecule has 0 aliphatic rings. The third-order valence-corrected chi connectivity index (χ3v) is 4.08. The lowest BCUT2D eigenvalue weighted by Crippen LogP contribution is -2.15. The van der Waals surface area contributed by atoms with E-state index in [-0.39, 0.29) is 5.75 Å². The Balaban J connectivity index is 2.94. The molecular formula is C10H15NO2S2. The number of nitrogens with one attached hydrogen (secondary N) is 1. The fourth-order valence-corrected chi connectivity index (χ4v) is 2.55. The molecular weight excluding hydrogens is 230 g/mol. The van der Waals surface area contributed by atoms with Crippen LogP contribution in [0.1, 0.15) is 13.8 Å². The summed E-state index contributed by atoms with van der Waals surface area (Å²) in [5.41, 5.74) is 0.672. The van der Waals surface area contributed by atoms with E-state index in [2.05, 4.69) is 4.72 Å². The van der Waals surface area contributed by atoms with E-state index in [0.29, 0.717) is 5.69 Å². The molecule has 0 heterocycles. The van der Waals surface area contributed by atoms with Crippen molar-refractivity contribution in [1.29, 1.82) is 0 Å². The summed E-state index contributed by atoms with van der Waals surface area (Å²) in [5.74, 6) is 1.02. The second-order valence-corrected chi connectivity index (χ2v) is 6.25. The molecule has 0 aromatic heterocycles. The third-order valence-electron chi connectivity index (χ3n) is 1.83. The summed E-state index contributed by atoms with van der Waals surface area (Å²) >= 11 is 1.63. The number of hydrogen-bond donors (Lipinski definition) is 1. The van der Waals surface area contributed by atoms with Crippen LogP contribution < -0.4 is 4.72 Å². The van der Waals surface area contributed by atoms with Gasteiger partial charge in [-0.2, -0.15) is 0 Å². The first kappa shape index (κ1) is 12.4. The number of rotatable bonds is 5. The molecule has 0 atom stereocenters. The van der Waals surface area contributed by atoms with Crippen molar-refractivity contribution in [2.24, 2.45) is 0 Å². The first-order valence-corrected chi connectivity index (χ1v) is 7.45. The van der Waals surface area contributed by atoms with E-state index in [0.717, 1.165) is 10.6 Å². The van der Waals surface area contributed by atoms with Crippen molar-refractivity contribution in [3.8, 4) is 0 Å².